The minimum absolute atomic E-state index is 0.211. The Kier molecular flexibility index (Phi) is 2.54. The van der Waals surface area contributed by atoms with Crippen molar-refractivity contribution in [3.05, 3.63) is 30.7 Å². The molecule has 7 heteroatoms. The molecule has 0 unspecified atom stereocenters. The van der Waals surface area contributed by atoms with Crippen molar-refractivity contribution in [3.8, 4) is 11.3 Å². The Morgan fingerprint density at radius 3 is 2.71 bits per heavy atom. The molecule has 3 aromatic heterocycles. The van der Waals surface area contributed by atoms with Crippen LogP contribution in [-0.4, -0.2) is 38.8 Å². The van der Waals surface area contributed by atoms with Crippen LogP contribution in [0.4, 0.5) is 11.6 Å². The standard InChI is InChI=1S/C17H16N6O/c18-16-20-3-1-12(22-16)11-7-21-15-14(11)13(2-4-19-15)23-8-17(9-23)5-10(24)6-17/h1-4,7H,5-6,8-9H2,(H,19,21)(H2,18,20,22). The molecule has 3 aromatic rings. The van der Waals surface area contributed by atoms with Crippen LogP contribution in [0.25, 0.3) is 22.3 Å². The summed E-state index contributed by atoms with van der Waals surface area (Å²) < 4.78 is 0. The molecule has 1 aliphatic carbocycles. The number of fused-ring (bicyclic) bond motifs is 1. The maximum absolute atomic E-state index is 11.3. The molecule has 120 valence electrons. The highest BCUT2D eigenvalue weighted by Gasteiger charge is 2.52. The van der Waals surface area contributed by atoms with Crippen molar-refractivity contribution in [2.75, 3.05) is 23.7 Å². The molecule has 2 fully saturated rings. The quantitative estimate of drug-likeness (QED) is 0.746. The lowest BCUT2D eigenvalue weighted by Gasteiger charge is -2.55. The number of H-pyrrole nitrogens is 1. The fourth-order valence-electron chi connectivity index (χ4n) is 3.97. The van der Waals surface area contributed by atoms with Crippen molar-refractivity contribution in [2.45, 2.75) is 12.8 Å². The molecule has 4 heterocycles. The van der Waals surface area contributed by atoms with E-state index >= 15 is 0 Å². The summed E-state index contributed by atoms with van der Waals surface area (Å²) in [4.78, 5) is 29.6. The topological polar surface area (TPSA) is 101 Å². The monoisotopic (exact) mass is 320 g/mol. The number of aromatic nitrogens is 4. The summed E-state index contributed by atoms with van der Waals surface area (Å²) in [5, 5.41) is 1.04. The minimum Gasteiger partial charge on any atom is -0.370 e. The number of nitrogens with two attached hydrogens (primary N) is 1. The number of hydrogen-bond donors (Lipinski definition) is 2. The largest absolute Gasteiger partial charge is 0.370 e. The maximum Gasteiger partial charge on any atom is 0.220 e. The lowest BCUT2D eigenvalue weighted by molar-refractivity contribution is -0.134. The van der Waals surface area contributed by atoms with Gasteiger partial charge in [-0.25, -0.2) is 15.0 Å². The van der Waals surface area contributed by atoms with Gasteiger partial charge in [0.1, 0.15) is 11.4 Å². The fraction of sp³-hybridized carbons (Fsp3) is 0.294. The molecule has 1 spiro atoms. The van der Waals surface area contributed by atoms with Crippen LogP contribution in [0.1, 0.15) is 12.8 Å². The minimum atomic E-state index is 0.211. The molecule has 2 aliphatic rings. The molecular formula is C17H16N6O. The van der Waals surface area contributed by atoms with Crippen LogP contribution in [0.2, 0.25) is 0 Å². The molecule has 24 heavy (non-hydrogen) atoms. The van der Waals surface area contributed by atoms with Crippen molar-refractivity contribution in [1.82, 2.24) is 19.9 Å². The van der Waals surface area contributed by atoms with Crippen LogP contribution in [0, 0.1) is 5.41 Å². The van der Waals surface area contributed by atoms with E-state index in [0.29, 0.717) is 5.78 Å². The van der Waals surface area contributed by atoms with Crippen molar-refractivity contribution in [1.29, 1.82) is 0 Å². The molecule has 5 rings (SSSR count). The van der Waals surface area contributed by atoms with Crippen molar-refractivity contribution >= 4 is 28.5 Å². The van der Waals surface area contributed by atoms with Gasteiger partial charge in [0.05, 0.1) is 16.8 Å². The third kappa shape index (κ3) is 1.84. The Labute approximate surface area is 137 Å². The highest BCUT2D eigenvalue weighted by molar-refractivity contribution is 6.02. The predicted molar refractivity (Wildman–Crippen MR) is 90.4 cm³/mol. The SMILES string of the molecule is Nc1nccc(-c2c[nH]c3nccc(N4CC5(CC(=O)C5)C4)c23)n1. The normalized spacial score (nSPS) is 18.7. The number of carbonyl (C=O) groups is 1. The van der Waals surface area contributed by atoms with Crippen LogP contribution in [-0.2, 0) is 4.79 Å². The number of aromatic amines is 1. The second kappa shape index (κ2) is 4.53. The van der Waals surface area contributed by atoms with Crippen LogP contribution in [0.3, 0.4) is 0 Å². The molecule has 1 saturated heterocycles. The number of Topliss-reactive ketones (excluding diaryl/α,β-unsaturated/α-hetero) is 1. The smallest absolute Gasteiger partial charge is 0.220 e. The zero-order chi connectivity index (χ0) is 16.3. The molecular weight excluding hydrogens is 304 g/mol. The van der Waals surface area contributed by atoms with Gasteiger partial charge in [-0.05, 0) is 12.1 Å². The van der Waals surface area contributed by atoms with Gasteiger partial charge < -0.3 is 15.6 Å². The Hall–Kier alpha value is -2.96. The summed E-state index contributed by atoms with van der Waals surface area (Å²) in [5.74, 6) is 0.636. The van der Waals surface area contributed by atoms with E-state index in [1.807, 2.05) is 24.5 Å². The zero-order valence-electron chi connectivity index (χ0n) is 13.0. The van der Waals surface area contributed by atoms with Crippen LogP contribution in [0.5, 0.6) is 0 Å². The Balaban J connectivity index is 1.58. The number of rotatable bonds is 2. The predicted octanol–water partition coefficient (Wildman–Crippen LogP) is 1.77. The molecule has 3 N–H and O–H groups in total. The van der Waals surface area contributed by atoms with E-state index in [0.717, 1.165) is 53.9 Å². The van der Waals surface area contributed by atoms with Gasteiger partial charge in [-0.1, -0.05) is 0 Å². The highest BCUT2D eigenvalue weighted by atomic mass is 16.1. The number of nitrogens with zero attached hydrogens (tertiary/aromatic N) is 4. The Bertz CT molecular complexity index is 962. The average Bonchev–Trinajstić information content (AvgIpc) is 2.93. The lowest BCUT2D eigenvalue weighted by atomic mass is 9.62. The van der Waals surface area contributed by atoms with Gasteiger partial charge in [0.15, 0.2) is 0 Å². The maximum atomic E-state index is 11.3. The van der Waals surface area contributed by atoms with Gasteiger partial charge in [0.2, 0.25) is 5.95 Å². The van der Waals surface area contributed by atoms with Crippen LogP contribution < -0.4 is 10.6 Å². The molecule has 0 bridgehead atoms. The highest BCUT2D eigenvalue weighted by Crippen LogP contribution is 2.49. The molecule has 1 saturated carbocycles. The van der Waals surface area contributed by atoms with E-state index in [1.54, 1.807) is 6.20 Å². The summed E-state index contributed by atoms with van der Waals surface area (Å²) in [7, 11) is 0. The summed E-state index contributed by atoms with van der Waals surface area (Å²) in [6, 6.07) is 3.87. The van der Waals surface area contributed by atoms with E-state index in [2.05, 4.69) is 24.8 Å². The van der Waals surface area contributed by atoms with Crippen LogP contribution >= 0.6 is 0 Å². The third-order valence-corrected chi connectivity index (χ3v) is 5.04. The van der Waals surface area contributed by atoms with E-state index in [1.165, 1.54) is 0 Å². The van der Waals surface area contributed by atoms with Crippen molar-refractivity contribution < 1.29 is 4.79 Å². The van der Waals surface area contributed by atoms with Gasteiger partial charge >= 0.3 is 0 Å². The van der Waals surface area contributed by atoms with Gasteiger partial charge in [0, 0.05) is 55.5 Å². The second-order valence-electron chi connectivity index (χ2n) is 6.80. The number of nitrogens with one attached hydrogen (secondary N) is 1. The average molecular weight is 320 g/mol. The molecule has 1 aliphatic heterocycles. The first-order chi connectivity index (χ1) is 11.6. The van der Waals surface area contributed by atoms with Crippen molar-refractivity contribution in [2.24, 2.45) is 5.41 Å². The molecule has 7 nitrogen and oxygen atoms in total. The summed E-state index contributed by atoms with van der Waals surface area (Å²) >= 11 is 0. The van der Waals surface area contributed by atoms with E-state index in [9.17, 15) is 4.79 Å². The Morgan fingerprint density at radius 2 is 1.96 bits per heavy atom. The summed E-state index contributed by atoms with van der Waals surface area (Å²) in [5.41, 5.74) is 9.63. The number of nitrogen functional groups attached to an aromatic ring is 1. The number of carbonyl (C=O) groups excluding carboxylic acids is 1. The fourth-order valence-corrected chi connectivity index (χ4v) is 3.97. The molecule has 0 amide bonds. The molecule has 0 radical (unpaired) electrons. The Morgan fingerprint density at radius 1 is 1.17 bits per heavy atom. The number of hydrogen-bond acceptors (Lipinski definition) is 6. The van der Waals surface area contributed by atoms with Crippen molar-refractivity contribution in [3.63, 3.8) is 0 Å². The first kappa shape index (κ1) is 13.5. The van der Waals surface area contributed by atoms with Crippen LogP contribution in [0.15, 0.2) is 30.7 Å². The molecule has 0 atom stereocenters. The van der Waals surface area contributed by atoms with Gasteiger partial charge in [-0.3, -0.25) is 4.79 Å². The number of anilines is 2. The first-order valence-electron chi connectivity index (χ1n) is 7.95. The first-order valence-corrected chi connectivity index (χ1v) is 7.95. The lowest BCUT2D eigenvalue weighted by Crippen LogP contribution is -2.62. The zero-order valence-corrected chi connectivity index (χ0v) is 13.0. The van der Waals surface area contributed by atoms with E-state index in [4.69, 9.17) is 5.73 Å². The van der Waals surface area contributed by atoms with Gasteiger partial charge in [0.25, 0.3) is 0 Å². The van der Waals surface area contributed by atoms with E-state index < -0.39 is 0 Å². The van der Waals surface area contributed by atoms with Gasteiger partial charge in [-0.15, -0.1) is 0 Å². The third-order valence-electron chi connectivity index (χ3n) is 5.04. The number of ketones is 1. The summed E-state index contributed by atoms with van der Waals surface area (Å²) in [6.07, 6.45) is 6.82. The second-order valence-corrected chi connectivity index (χ2v) is 6.80. The summed E-state index contributed by atoms with van der Waals surface area (Å²) in [6.45, 7) is 1.85. The van der Waals surface area contributed by atoms with Gasteiger partial charge in [-0.2, -0.15) is 0 Å². The van der Waals surface area contributed by atoms with E-state index in [-0.39, 0.29) is 11.4 Å². The number of pyridine rings is 1. The molecule has 0 aromatic carbocycles.